The summed E-state index contributed by atoms with van der Waals surface area (Å²) in [5, 5.41) is 12.1. The maximum absolute atomic E-state index is 14.4. The molecule has 2 aliphatic heterocycles. The van der Waals surface area contributed by atoms with Crippen LogP contribution in [0.4, 0.5) is 23.7 Å². The monoisotopic (exact) mass is 568 g/mol. The Bertz CT molecular complexity index is 1180. The number of benzene rings is 1. The van der Waals surface area contributed by atoms with Crippen LogP contribution in [0.15, 0.2) is 12.1 Å². The molecule has 2 fully saturated rings. The van der Waals surface area contributed by atoms with E-state index in [1.807, 2.05) is 0 Å². The van der Waals surface area contributed by atoms with Crippen LogP contribution in [0.3, 0.4) is 0 Å². The molecule has 1 saturated carbocycles. The number of ether oxygens (including phenoxy) is 1. The Kier molecular flexibility index (Phi) is 8.23. The van der Waals surface area contributed by atoms with E-state index in [0.717, 1.165) is 17.0 Å². The van der Waals surface area contributed by atoms with Gasteiger partial charge in [0, 0.05) is 38.6 Å². The number of piperidine rings is 1. The number of carbonyl (C=O) groups is 4. The molecule has 1 aromatic rings. The predicted molar refractivity (Wildman–Crippen MR) is 138 cm³/mol. The van der Waals surface area contributed by atoms with Gasteiger partial charge in [-0.3, -0.25) is 14.4 Å². The average Bonchev–Trinajstić information content (AvgIpc) is 2.87. The molecule has 2 heterocycles. The molecule has 4 rings (SSSR count). The summed E-state index contributed by atoms with van der Waals surface area (Å²) in [5.74, 6) is -1.70. The Balaban J connectivity index is 1.77. The van der Waals surface area contributed by atoms with Crippen LogP contribution in [0.2, 0.25) is 0 Å². The van der Waals surface area contributed by atoms with Gasteiger partial charge in [-0.1, -0.05) is 6.92 Å². The standard InChI is InChI=1S/C27H35F3N4O6/c1-4-22(35)31-10-12-33-20-13-18(23(36)34(16(2)3)17-7-5-11-32(15-17)25(38)39)19(27(28,29)30)14-21(20)40-26(24(33)37)8-6-9-26/h13-14,16-17H,4-12,15H2,1-3H3,(H,31,35)(H,38,39)/t17-/m1/s1. The van der Waals surface area contributed by atoms with Crippen molar-refractivity contribution in [1.82, 2.24) is 15.1 Å². The quantitative estimate of drug-likeness (QED) is 0.516. The first-order valence-electron chi connectivity index (χ1n) is 13.6. The molecule has 1 atom stereocenters. The fraction of sp³-hybridized carbons (Fsp3) is 0.630. The van der Waals surface area contributed by atoms with Crippen LogP contribution in [-0.2, 0) is 15.8 Å². The second-order valence-electron chi connectivity index (χ2n) is 10.8. The number of halogens is 3. The molecule has 0 unspecified atom stereocenters. The number of likely N-dealkylation sites (tertiary alicyclic amines) is 1. The molecule has 40 heavy (non-hydrogen) atoms. The maximum atomic E-state index is 14.4. The van der Waals surface area contributed by atoms with Gasteiger partial charge >= 0.3 is 12.3 Å². The van der Waals surface area contributed by atoms with Crippen LogP contribution < -0.4 is 15.0 Å². The van der Waals surface area contributed by atoms with E-state index < -0.39 is 52.9 Å². The van der Waals surface area contributed by atoms with Crippen molar-refractivity contribution in [2.75, 3.05) is 31.1 Å². The number of nitrogens with one attached hydrogen (secondary N) is 1. The topological polar surface area (TPSA) is 119 Å². The Morgan fingerprint density at radius 2 is 1.93 bits per heavy atom. The van der Waals surface area contributed by atoms with Crippen molar-refractivity contribution in [2.45, 2.75) is 83.2 Å². The van der Waals surface area contributed by atoms with Crippen molar-refractivity contribution in [2.24, 2.45) is 0 Å². The van der Waals surface area contributed by atoms with Gasteiger partial charge in [0.25, 0.3) is 11.8 Å². The van der Waals surface area contributed by atoms with Gasteiger partial charge in [0.2, 0.25) is 5.91 Å². The van der Waals surface area contributed by atoms with Crippen molar-refractivity contribution in [1.29, 1.82) is 0 Å². The fourth-order valence-electron chi connectivity index (χ4n) is 5.67. The van der Waals surface area contributed by atoms with E-state index in [9.17, 15) is 37.5 Å². The first-order chi connectivity index (χ1) is 18.8. The average molecular weight is 569 g/mol. The van der Waals surface area contributed by atoms with Gasteiger partial charge in [-0.05, 0) is 58.1 Å². The molecule has 1 aromatic carbocycles. The molecule has 3 aliphatic rings. The lowest BCUT2D eigenvalue weighted by Gasteiger charge is -2.47. The molecular weight excluding hydrogens is 533 g/mol. The summed E-state index contributed by atoms with van der Waals surface area (Å²) in [7, 11) is 0. The zero-order chi connectivity index (χ0) is 29.4. The number of nitrogens with zero attached hydrogens (tertiary/aromatic N) is 3. The molecular formula is C27H35F3N4O6. The van der Waals surface area contributed by atoms with Crippen molar-refractivity contribution in [3.63, 3.8) is 0 Å². The van der Waals surface area contributed by atoms with E-state index in [1.54, 1.807) is 20.8 Å². The number of alkyl halides is 3. The second-order valence-corrected chi connectivity index (χ2v) is 10.8. The van der Waals surface area contributed by atoms with E-state index in [4.69, 9.17) is 4.74 Å². The van der Waals surface area contributed by atoms with Gasteiger partial charge in [0.1, 0.15) is 5.75 Å². The highest BCUT2D eigenvalue weighted by molar-refractivity contribution is 6.06. The van der Waals surface area contributed by atoms with Gasteiger partial charge in [-0.2, -0.15) is 13.2 Å². The zero-order valence-electron chi connectivity index (χ0n) is 22.8. The number of carboxylic acid groups (broad SMARTS) is 1. The van der Waals surface area contributed by atoms with Crippen LogP contribution in [0, 0.1) is 0 Å². The lowest BCUT2D eigenvalue weighted by molar-refractivity contribution is -0.144. The third-order valence-corrected chi connectivity index (χ3v) is 7.86. The van der Waals surface area contributed by atoms with Crippen LogP contribution in [0.1, 0.15) is 75.2 Å². The molecule has 1 spiro atoms. The Labute approximate surface area is 230 Å². The number of fused-ring (bicyclic) bond motifs is 1. The summed E-state index contributed by atoms with van der Waals surface area (Å²) in [6.45, 7) is 5.34. The van der Waals surface area contributed by atoms with Gasteiger partial charge < -0.3 is 29.9 Å². The van der Waals surface area contributed by atoms with Crippen molar-refractivity contribution in [3.8, 4) is 5.75 Å². The highest BCUT2D eigenvalue weighted by Gasteiger charge is 2.53. The second kappa shape index (κ2) is 11.2. The van der Waals surface area contributed by atoms with Crippen molar-refractivity contribution < 1.29 is 42.2 Å². The predicted octanol–water partition coefficient (Wildman–Crippen LogP) is 3.87. The molecule has 2 N–H and O–H groups in total. The van der Waals surface area contributed by atoms with Crippen LogP contribution >= 0.6 is 0 Å². The van der Waals surface area contributed by atoms with Gasteiger partial charge in [0.05, 0.1) is 22.9 Å². The summed E-state index contributed by atoms with van der Waals surface area (Å²) < 4.78 is 49.1. The van der Waals surface area contributed by atoms with E-state index in [2.05, 4.69) is 5.32 Å². The lowest BCUT2D eigenvalue weighted by atomic mass is 9.77. The SMILES string of the molecule is CCC(=O)NCCN1C(=O)C2(CCC2)Oc2cc(C(F)(F)F)c(C(=O)N(C(C)C)[C@@H]3CCCN(C(=O)O)C3)cc21. The van der Waals surface area contributed by atoms with Crippen molar-refractivity contribution in [3.05, 3.63) is 23.3 Å². The molecule has 0 bridgehead atoms. The Morgan fingerprint density at radius 1 is 1.23 bits per heavy atom. The number of carbonyl (C=O) groups excluding carboxylic acids is 3. The fourth-order valence-corrected chi connectivity index (χ4v) is 5.67. The van der Waals surface area contributed by atoms with E-state index >= 15 is 0 Å². The van der Waals surface area contributed by atoms with Crippen LogP contribution in [0.25, 0.3) is 0 Å². The van der Waals surface area contributed by atoms with Gasteiger partial charge in [-0.15, -0.1) is 0 Å². The number of amides is 4. The summed E-state index contributed by atoms with van der Waals surface area (Å²) in [5.41, 5.74) is -3.06. The highest BCUT2D eigenvalue weighted by atomic mass is 19.4. The smallest absolute Gasteiger partial charge is 0.417 e. The Hall–Kier alpha value is -3.51. The maximum Gasteiger partial charge on any atom is 0.417 e. The Morgan fingerprint density at radius 3 is 2.48 bits per heavy atom. The largest absolute Gasteiger partial charge is 0.475 e. The number of hydrogen-bond acceptors (Lipinski definition) is 5. The third kappa shape index (κ3) is 5.55. The first kappa shape index (κ1) is 29.5. The first-order valence-corrected chi connectivity index (χ1v) is 13.6. The van der Waals surface area contributed by atoms with E-state index in [1.165, 1.54) is 9.80 Å². The summed E-state index contributed by atoms with van der Waals surface area (Å²) in [6.07, 6.45) is -3.53. The van der Waals surface area contributed by atoms with Crippen molar-refractivity contribution >= 4 is 29.5 Å². The minimum Gasteiger partial charge on any atom is -0.475 e. The molecule has 1 saturated heterocycles. The lowest BCUT2D eigenvalue weighted by Crippen LogP contribution is -2.61. The van der Waals surface area contributed by atoms with Crippen LogP contribution in [0.5, 0.6) is 5.75 Å². The molecule has 4 amide bonds. The summed E-state index contributed by atoms with van der Waals surface area (Å²) >= 11 is 0. The minimum atomic E-state index is -4.90. The summed E-state index contributed by atoms with van der Waals surface area (Å²) in [6, 6.07) is 0.694. The molecule has 1 aliphatic carbocycles. The normalized spacial score (nSPS) is 20.1. The molecule has 13 heteroatoms. The summed E-state index contributed by atoms with van der Waals surface area (Å²) in [4.78, 5) is 54.5. The third-order valence-electron chi connectivity index (χ3n) is 7.86. The number of rotatable bonds is 7. The van der Waals surface area contributed by atoms with Gasteiger partial charge in [0.15, 0.2) is 5.60 Å². The van der Waals surface area contributed by atoms with E-state index in [0.29, 0.717) is 32.1 Å². The molecule has 0 aromatic heterocycles. The minimum absolute atomic E-state index is 0.00816. The van der Waals surface area contributed by atoms with Crippen LogP contribution in [-0.4, -0.2) is 82.6 Å². The molecule has 10 nitrogen and oxygen atoms in total. The highest BCUT2D eigenvalue weighted by Crippen LogP contribution is 2.49. The number of anilines is 1. The zero-order valence-corrected chi connectivity index (χ0v) is 22.8. The van der Waals surface area contributed by atoms with Gasteiger partial charge in [-0.25, -0.2) is 4.79 Å². The number of hydrogen-bond donors (Lipinski definition) is 2. The van der Waals surface area contributed by atoms with E-state index in [-0.39, 0.29) is 49.9 Å². The molecule has 220 valence electrons. The molecule has 0 radical (unpaired) electrons.